The first-order valence-electron chi connectivity index (χ1n) is 7.97. The van der Waals surface area contributed by atoms with Crippen molar-refractivity contribution in [3.8, 4) is 0 Å². The topological polar surface area (TPSA) is 96.5 Å². The third-order valence-electron chi connectivity index (χ3n) is 3.30. The minimum absolute atomic E-state index is 0.00641. The maximum atomic E-state index is 12.3. The Bertz CT molecular complexity index is 867. The number of carbonyl (C=O) groups excluding carboxylic acids is 3. The first-order valence-corrected chi connectivity index (χ1v) is 8.85. The summed E-state index contributed by atoms with van der Waals surface area (Å²) in [6.45, 7) is 1.90. The molecule has 1 aromatic heterocycles. The SMILES string of the molecule is CCOC(=O)NC(=O)c1ccsc1NCc1cccc(NC(=O)C(F)(F)F)c1. The van der Waals surface area contributed by atoms with Gasteiger partial charge in [-0.15, -0.1) is 11.3 Å². The summed E-state index contributed by atoms with van der Waals surface area (Å²) < 4.78 is 41.6. The van der Waals surface area contributed by atoms with E-state index in [1.165, 1.54) is 35.6 Å². The number of alkyl carbamates (subject to hydrolysis) is 1. The van der Waals surface area contributed by atoms with E-state index in [1.54, 1.807) is 23.7 Å². The highest BCUT2D eigenvalue weighted by atomic mass is 32.1. The second-order valence-electron chi connectivity index (χ2n) is 5.34. The van der Waals surface area contributed by atoms with Gasteiger partial charge in [-0.2, -0.15) is 13.2 Å². The Morgan fingerprint density at radius 1 is 1.18 bits per heavy atom. The van der Waals surface area contributed by atoms with Crippen LogP contribution in [0.3, 0.4) is 0 Å². The molecule has 7 nitrogen and oxygen atoms in total. The van der Waals surface area contributed by atoms with Crippen molar-refractivity contribution in [2.24, 2.45) is 0 Å². The molecule has 0 fully saturated rings. The van der Waals surface area contributed by atoms with Crippen LogP contribution in [0.15, 0.2) is 35.7 Å². The molecule has 0 aliphatic rings. The Hall–Kier alpha value is -3.08. The van der Waals surface area contributed by atoms with Gasteiger partial charge in [0, 0.05) is 12.2 Å². The minimum Gasteiger partial charge on any atom is -0.450 e. The van der Waals surface area contributed by atoms with Gasteiger partial charge in [0.2, 0.25) is 0 Å². The maximum Gasteiger partial charge on any atom is 0.471 e. The molecule has 28 heavy (non-hydrogen) atoms. The number of alkyl halides is 3. The van der Waals surface area contributed by atoms with Gasteiger partial charge in [0.15, 0.2) is 0 Å². The van der Waals surface area contributed by atoms with E-state index in [4.69, 9.17) is 0 Å². The molecule has 150 valence electrons. The maximum absolute atomic E-state index is 12.3. The van der Waals surface area contributed by atoms with Crippen LogP contribution in [0.25, 0.3) is 0 Å². The van der Waals surface area contributed by atoms with Crippen LogP contribution in [0.2, 0.25) is 0 Å². The first kappa shape index (κ1) is 21.2. The molecule has 11 heteroatoms. The molecule has 3 amide bonds. The van der Waals surface area contributed by atoms with Gasteiger partial charge in [0.25, 0.3) is 5.91 Å². The average Bonchev–Trinajstić information content (AvgIpc) is 3.08. The number of rotatable bonds is 6. The zero-order valence-corrected chi connectivity index (χ0v) is 15.4. The number of halogens is 3. The van der Waals surface area contributed by atoms with Gasteiger partial charge in [-0.1, -0.05) is 12.1 Å². The fraction of sp³-hybridized carbons (Fsp3) is 0.235. The standard InChI is InChI=1S/C17H16F3N3O4S/c1-2-27-16(26)23-13(24)12-6-7-28-14(12)21-9-10-4-3-5-11(8-10)22-15(25)17(18,19)20/h3-8,21H,2,9H2,1H3,(H,22,25)(H,23,24,26). The number of imide groups is 1. The van der Waals surface area contributed by atoms with Crippen molar-refractivity contribution in [3.05, 3.63) is 46.8 Å². The number of thiophene rings is 1. The molecular weight excluding hydrogens is 399 g/mol. The lowest BCUT2D eigenvalue weighted by Gasteiger charge is -2.11. The Labute approximate surface area is 161 Å². The number of hydrogen-bond acceptors (Lipinski definition) is 6. The van der Waals surface area contributed by atoms with Crippen molar-refractivity contribution in [3.63, 3.8) is 0 Å². The Morgan fingerprint density at radius 3 is 2.61 bits per heavy atom. The quantitative estimate of drug-likeness (QED) is 0.668. The molecule has 0 bridgehead atoms. The normalized spacial score (nSPS) is 10.9. The van der Waals surface area contributed by atoms with Crippen LogP contribution in [0.1, 0.15) is 22.8 Å². The molecule has 0 aliphatic heterocycles. The zero-order valence-electron chi connectivity index (χ0n) is 14.6. The predicted molar refractivity (Wildman–Crippen MR) is 97.3 cm³/mol. The molecule has 3 N–H and O–H groups in total. The summed E-state index contributed by atoms with van der Waals surface area (Å²) in [5.74, 6) is -2.71. The van der Waals surface area contributed by atoms with Gasteiger partial charge in [0.05, 0.1) is 12.2 Å². The van der Waals surface area contributed by atoms with Crippen molar-refractivity contribution in [1.82, 2.24) is 5.32 Å². The molecule has 0 aliphatic carbocycles. The Morgan fingerprint density at radius 2 is 1.93 bits per heavy atom. The summed E-state index contributed by atoms with van der Waals surface area (Å²) >= 11 is 1.21. The monoisotopic (exact) mass is 415 g/mol. The molecule has 1 aromatic carbocycles. The molecular formula is C17H16F3N3O4S. The predicted octanol–water partition coefficient (Wildman–Crippen LogP) is 3.75. The summed E-state index contributed by atoms with van der Waals surface area (Å²) in [5, 5.41) is 8.94. The van der Waals surface area contributed by atoms with E-state index < -0.39 is 24.1 Å². The number of benzene rings is 1. The van der Waals surface area contributed by atoms with Gasteiger partial charge in [0.1, 0.15) is 5.00 Å². The molecule has 2 aromatic rings. The molecule has 0 saturated heterocycles. The summed E-state index contributed by atoms with van der Waals surface area (Å²) in [7, 11) is 0. The summed E-state index contributed by atoms with van der Waals surface area (Å²) in [5.41, 5.74) is 0.790. The summed E-state index contributed by atoms with van der Waals surface area (Å²) in [6.07, 6.45) is -5.84. The van der Waals surface area contributed by atoms with Crippen molar-refractivity contribution in [2.75, 3.05) is 17.2 Å². The van der Waals surface area contributed by atoms with Gasteiger partial charge in [-0.25, -0.2) is 4.79 Å². The third-order valence-corrected chi connectivity index (χ3v) is 4.17. The van der Waals surface area contributed by atoms with E-state index in [1.807, 2.05) is 0 Å². The van der Waals surface area contributed by atoms with E-state index in [2.05, 4.69) is 15.4 Å². The van der Waals surface area contributed by atoms with Gasteiger partial charge in [-0.3, -0.25) is 14.9 Å². The van der Waals surface area contributed by atoms with E-state index in [-0.39, 0.29) is 24.4 Å². The summed E-state index contributed by atoms with van der Waals surface area (Å²) in [6, 6.07) is 7.36. The third kappa shape index (κ3) is 5.98. The Balaban J connectivity index is 2.01. The number of anilines is 2. The smallest absolute Gasteiger partial charge is 0.450 e. The van der Waals surface area contributed by atoms with Crippen LogP contribution in [0.4, 0.5) is 28.7 Å². The van der Waals surface area contributed by atoms with Gasteiger partial charge in [-0.05, 0) is 36.1 Å². The lowest BCUT2D eigenvalue weighted by atomic mass is 10.2. The lowest BCUT2D eigenvalue weighted by molar-refractivity contribution is -0.167. The first-order chi connectivity index (χ1) is 13.2. The van der Waals surface area contributed by atoms with E-state index in [0.29, 0.717) is 10.6 Å². The van der Waals surface area contributed by atoms with Crippen molar-refractivity contribution < 1.29 is 32.3 Å². The van der Waals surface area contributed by atoms with Crippen LogP contribution in [0, 0.1) is 0 Å². The number of nitrogens with one attached hydrogen (secondary N) is 3. The van der Waals surface area contributed by atoms with Gasteiger partial charge >= 0.3 is 18.2 Å². The molecule has 1 heterocycles. The van der Waals surface area contributed by atoms with Crippen molar-refractivity contribution in [1.29, 1.82) is 0 Å². The minimum atomic E-state index is -4.98. The van der Waals surface area contributed by atoms with Crippen LogP contribution >= 0.6 is 11.3 Å². The fourth-order valence-electron chi connectivity index (χ4n) is 2.10. The fourth-order valence-corrected chi connectivity index (χ4v) is 2.88. The number of carbonyl (C=O) groups is 3. The van der Waals surface area contributed by atoms with E-state index in [0.717, 1.165) is 0 Å². The molecule has 0 atom stereocenters. The lowest BCUT2D eigenvalue weighted by Crippen LogP contribution is -2.31. The zero-order chi connectivity index (χ0) is 20.7. The summed E-state index contributed by atoms with van der Waals surface area (Å²) in [4.78, 5) is 34.5. The van der Waals surface area contributed by atoms with Crippen molar-refractivity contribution >= 4 is 39.9 Å². The second kappa shape index (κ2) is 9.22. The van der Waals surface area contributed by atoms with Crippen LogP contribution in [-0.2, 0) is 16.1 Å². The second-order valence-corrected chi connectivity index (χ2v) is 6.26. The highest BCUT2D eigenvalue weighted by Gasteiger charge is 2.38. The highest BCUT2D eigenvalue weighted by Crippen LogP contribution is 2.24. The van der Waals surface area contributed by atoms with E-state index in [9.17, 15) is 27.6 Å². The van der Waals surface area contributed by atoms with Crippen LogP contribution in [-0.4, -0.2) is 30.7 Å². The number of hydrogen-bond donors (Lipinski definition) is 3. The average molecular weight is 415 g/mol. The Kier molecular flexibility index (Phi) is 6.99. The highest BCUT2D eigenvalue weighted by molar-refractivity contribution is 7.14. The molecule has 0 spiro atoms. The largest absolute Gasteiger partial charge is 0.471 e. The molecule has 0 saturated carbocycles. The van der Waals surface area contributed by atoms with E-state index >= 15 is 0 Å². The number of amides is 3. The van der Waals surface area contributed by atoms with Crippen LogP contribution in [0.5, 0.6) is 0 Å². The molecule has 0 radical (unpaired) electrons. The van der Waals surface area contributed by atoms with Crippen molar-refractivity contribution in [2.45, 2.75) is 19.6 Å². The molecule has 2 rings (SSSR count). The number of ether oxygens (including phenoxy) is 1. The van der Waals surface area contributed by atoms with Gasteiger partial charge < -0.3 is 15.4 Å². The van der Waals surface area contributed by atoms with Crippen LogP contribution < -0.4 is 16.0 Å². The molecule has 0 unspecified atom stereocenters.